The summed E-state index contributed by atoms with van der Waals surface area (Å²) in [7, 11) is 0. The minimum absolute atomic E-state index is 0.0887. The molecule has 2 aromatic carbocycles. The number of hydrogen-bond donors (Lipinski definition) is 0. The number of nitrogens with zero attached hydrogens (tertiary/aromatic N) is 1. The molecule has 0 spiro atoms. The zero-order valence-electron chi connectivity index (χ0n) is 16.0. The second-order valence-electron chi connectivity index (χ2n) is 7.08. The van der Waals surface area contributed by atoms with Crippen LogP contribution in [0.5, 0.6) is 5.75 Å². The summed E-state index contributed by atoms with van der Waals surface area (Å²) in [6, 6.07) is 16.0. The molecule has 0 saturated heterocycles. The van der Waals surface area contributed by atoms with Gasteiger partial charge in [0.1, 0.15) is 5.75 Å². The van der Waals surface area contributed by atoms with Crippen LogP contribution >= 0.6 is 0 Å². The van der Waals surface area contributed by atoms with Gasteiger partial charge in [-0.1, -0.05) is 57.2 Å². The lowest BCUT2D eigenvalue weighted by Crippen LogP contribution is -2.14. The van der Waals surface area contributed by atoms with Crippen molar-refractivity contribution in [2.45, 2.75) is 39.7 Å². The van der Waals surface area contributed by atoms with Crippen LogP contribution < -0.4 is 4.74 Å². The first-order chi connectivity index (χ1) is 12.4. The second kappa shape index (κ2) is 9.18. The van der Waals surface area contributed by atoms with Crippen LogP contribution in [0.4, 0.5) is 0 Å². The van der Waals surface area contributed by atoms with Gasteiger partial charge in [0.15, 0.2) is 6.61 Å². The molecule has 138 valence electrons. The SMILES string of the molecule is CCOC(=O)COc1cccc(C=NCc2ccc(C(C)(C)C)cc2)c1. The normalized spacial score (nSPS) is 11.5. The lowest BCUT2D eigenvalue weighted by molar-refractivity contribution is -0.145. The number of esters is 1. The van der Waals surface area contributed by atoms with E-state index in [1.807, 2.05) is 30.5 Å². The molecule has 26 heavy (non-hydrogen) atoms. The Morgan fingerprint density at radius 2 is 1.85 bits per heavy atom. The molecule has 0 amide bonds. The van der Waals surface area contributed by atoms with Crippen LogP contribution in [0.15, 0.2) is 53.5 Å². The number of ether oxygens (including phenoxy) is 2. The Balaban J connectivity index is 1.92. The first-order valence-electron chi connectivity index (χ1n) is 8.86. The van der Waals surface area contributed by atoms with E-state index in [1.165, 1.54) is 11.1 Å². The van der Waals surface area contributed by atoms with Crippen molar-refractivity contribution in [1.29, 1.82) is 0 Å². The van der Waals surface area contributed by atoms with E-state index < -0.39 is 0 Å². The van der Waals surface area contributed by atoms with E-state index in [0.29, 0.717) is 18.9 Å². The van der Waals surface area contributed by atoms with Crippen molar-refractivity contribution in [1.82, 2.24) is 0 Å². The second-order valence-corrected chi connectivity index (χ2v) is 7.08. The standard InChI is InChI=1S/C22H27NO3/c1-5-25-21(24)16-26-20-8-6-7-18(13-20)15-23-14-17-9-11-19(12-10-17)22(2,3)4/h6-13,15H,5,14,16H2,1-4H3. The predicted octanol–water partition coefficient (Wildman–Crippen LogP) is 4.55. The number of benzene rings is 2. The van der Waals surface area contributed by atoms with Crippen LogP contribution in [-0.4, -0.2) is 25.4 Å². The lowest BCUT2D eigenvalue weighted by atomic mass is 9.87. The molecule has 0 bridgehead atoms. The number of rotatable bonds is 7. The molecule has 0 fully saturated rings. The van der Waals surface area contributed by atoms with Gasteiger partial charge in [0.25, 0.3) is 0 Å². The van der Waals surface area contributed by atoms with Gasteiger partial charge in [0.05, 0.1) is 13.2 Å². The third-order valence-corrected chi connectivity index (χ3v) is 3.85. The van der Waals surface area contributed by atoms with Crippen LogP contribution in [0.3, 0.4) is 0 Å². The summed E-state index contributed by atoms with van der Waals surface area (Å²) < 4.78 is 10.3. The van der Waals surface area contributed by atoms with Crippen LogP contribution in [0, 0.1) is 0 Å². The zero-order chi connectivity index (χ0) is 19.0. The van der Waals surface area contributed by atoms with Gasteiger partial charge in [-0.15, -0.1) is 0 Å². The molecule has 0 aromatic heterocycles. The first-order valence-corrected chi connectivity index (χ1v) is 8.86. The number of carbonyl (C=O) groups is 1. The Morgan fingerprint density at radius 3 is 2.50 bits per heavy atom. The summed E-state index contributed by atoms with van der Waals surface area (Å²) >= 11 is 0. The van der Waals surface area contributed by atoms with E-state index in [9.17, 15) is 4.79 Å². The number of carbonyl (C=O) groups excluding carboxylic acids is 1. The largest absolute Gasteiger partial charge is 0.482 e. The van der Waals surface area contributed by atoms with Crippen LogP contribution in [0.1, 0.15) is 44.4 Å². The van der Waals surface area contributed by atoms with Crippen LogP contribution in [-0.2, 0) is 21.5 Å². The highest BCUT2D eigenvalue weighted by molar-refractivity contribution is 5.80. The molecule has 0 unspecified atom stereocenters. The molecule has 4 nitrogen and oxygen atoms in total. The summed E-state index contributed by atoms with van der Waals surface area (Å²) in [6.07, 6.45) is 1.81. The van der Waals surface area contributed by atoms with E-state index >= 15 is 0 Å². The number of hydrogen-bond acceptors (Lipinski definition) is 4. The molecule has 4 heteroatoms. The Morgan fingerprint density at radius 1 is 1.12 bits per heavy atom. The maximum atomic E-state index is 11.3. The molecular weight excluding hydrogens is 326 g/mol. The molecule has 2 aromatic rings. The maximum Gasteiger partial charge on any atom is 0.344 e. The highest BCUT2D eigenvalue weighted by Gasteiger charge is 2.12. The van der Waals surface area contributed by atoms with Crippen molar-refractivity contribution in [2.75, 3.05) is 13.2 Å². The summed E-state index contributed by atoms with van der Waals surface area (Å²) in [6.45, 7) is 9.27. The highest BCUT2D eigenvalue weighted by Crippen LogP contribution is 2.22. The first kappa shape index (κ1) is 19.7. The highest BCUT2D eigenvalue weighted by atomic mass is 16.6. The summed E-state index contributed by atoms with van der Waals surface area (Å²) in [4.78, 5) is 15.8. The Labute approximate surface area is 155 Å². The third-order valence-electron chi connectivity index (χ3n) is 3.85. The molecular formula is C22H27NO3. The molecule has 0 heterocycles. The summed E-state index contributed by atoms with van der Waals surface area (Å²) in [5, 5.41) is 0. The van der Waals surface area contributed by atoms with Crippen molar-refractivity contribution in [2.24, 2.45) is 4.99 Å². The molecule has 0 aliphatic carbocycles. The third kappa shape index (κ3) is 6.36. The van der Waals surface area contributed by atoms with Crippen molar-refractivity contribution in [3.05, 3.63) is 65.2 Å². The van der Waals surface area contributed by atoms with Gasteiger partial charge in [0.2, 0.25) is 0 Å². The van der Waals surface area contributed by atoms with Gasteiger partial charge in [0, 0.05) is 6.21 Å². The predicted molar refractivity (Wildman–Crippen MR) is 105 cm³/mol. The van der Waals surface area contributed by atoms with Gasteiger partial charge in [-0.25, -0.2) is 4.79 Å². The van der Waals surface area contributed by atoms with E-state index in [0.717, 1.165) is 5.56 Å². The minimum Gasteiger partial charge on any atom is -0.482 e. The van der Waals surface area contributed by atoms with Gasteiger partial charge >= 0.3 is 5.97 Å². The van der Waals surface area contributed by atoms with E-state index in [1.54, 1.807) is 6.92 Å². The summed E-state index contributed by atoms with van der Waals surface area (Å²) in [5.74, 6) is 0.252. The Hall–Kier alpha value is -2.62. The van der Waals surface area contributed by atoms with Crippen molar-refractivity contribution < 1.29 is 14.3 Å². The lowest BCUT2D eigenvalue weighted by Gasteiger charge is -2.18. The van der Waals surface area contributed by atoms with Gasteiger partial charge in [-0.3, -0.25) is 4.99 Å². The zero-order valence-corrected chi connectivity index (χ0v) is 16.0. The van der Waals surface area contributed by atoms with Crippen molar-refractivity contribution in [3.63, 3.8) is 0 Å². The topological polar surface area (TPSA) is 47.9 Å². The van der Waals surface area contributed by atoms with Crippen LogP contribution in [0.2, 0.25) is 0 Å². The van der Waals surface area contributed by atoms with Crippen molar-refractivity contribution >= 4 is 12.2 Å². The molecule has 0 atom stereocenters. The monoisotopic (exact) mass is 353 g/mol. The van der Waals surface area contributed by atoms with Gasteiger partial charge in [-0.2, -0.15) is 0 Å². The molecule has 0 saturated carbocycles. The quantitative estimate of drug-likeness (QED) is 0.542. The molecule has 0 aliphatic rings. The Kier molecular flexibility index (Phi) is 6.96. The summed E-state index contributed by atoms with van der Waals surface area (Å²) in [5.41, 5.74) is 3.57. The smallest absolute Gasteiger partial charge is 0.344 e. The van der Waals surface area contributed by atoms with E-state index in [2.05, 4.69) is 50.0 Å². The van der Waals surface area contributed by atoms with Gasteiger partial charge < -0.3 is 9.47 Å². The Bertz CT molecular complexity index is 743. The fourth-order valence-corrected chi connectivity index (χ4v) is 2.40. The van der Waals surface area contributed by atoms with Gasteiger partial charge in [-0.05, 0) is 41.2 Å². The fourth-order valence-electron chi connectivity index (χ4n) is 2.40. The average molecular weight is 353 g/mol. The average Bonchev–Trinajstić information content (AvgIpc) is 2.60. The fraction of sp³-hybridized carbons (Fsp3) is 0.364. The molecule has 0 N–H and O–H groups in total. The van der Waals surface area contributed by atoms with Crippen LogP contribution in [0.25, 0.3) is 0 Å². The number of aliphatic imine (C=N–C) groups is 1. The molecule has 2 rings (SSSR count). The minimum atomic E-state index is -0.370. The van der Waals surface area contributed by atoms with E-state index in [4.69, 9.17) is 9.47 Å². The molecule has 0 aliphatic heterocycles. The maximum absolute atomic E-state index is 11.3. The van der Waals surface area contributed by atoms with E-state index in [-0.39, 0.29) is 18.0 Å². The van der Waals surface area contributed by atoms with Crippen molar-refractivity contribution in [3.8, 4) is 5.75 Å². The molecule has 0 radical (unpaired) electrons.